The van der Waals surface area contributed by atoms with E-state index in [4.69, 9.17) is 9.15 Å². The highest BCUT2D eigenvalue weighted by molar-refractivity contribution is 9.10. The van der Waals surface area contributed by atoms with Crippen LogP contribution in [0.5, 0.6) is 5.75 Å². The molecule has 0 spiro atoms. The van der Waals surface area contributed by atoms with Crippen molar-refractivity contribution in [3.63, 3.8) is 0 Å². The standard InChI is InChI=1S/C23H16BrFN2O3/c24-18-11-15(9-10-21(18)29-14-17-6-1-3-7-19(17)25)13-26-27-23(28)22-12-16-5-2-4-8-20(16)30-22/h1-13H,14H2,(H,27,28)/b26-13+. The summed E-state index contributed by atoms with van der Waals surface area (Å²) in [4.78, 5) is 12.2. The van der Waals surface area contributed by atoms with Crippen LogP contribution in [-0.4, -0.2) is 12.1 Å². The molecule has 1 N–H and O–H groups in total. The van der Waals surface area contributed by atoms with E-state index in [2.05, 4.69) is 26.5 Å². The fourth-order valence-corrected chi connectivity index (χ4v) is 3.31. The number of benzene rings is 3. The number of carbonyl (C=O) groups is 1. The van der Waals surface area contributed by atoms with Crippen molar-refractivity contribution in [2.75, 3.05) is 0 Å². The van der Waals surface area contributed by atoms with Gasteiger partial charge in [-0.05, 0) is 57.9 Å². The van der Waals surface area contributed by atoms with E-state index >= 15 is 0 Å². The highest BCUT2D eigenvalue weighted by Crippen LogP contribution is 2.26. The number of halogens is 2. The third-order valence-corrected chi connectivity index (χ3v) is 4.95. The largest absolute Gasteiger partial charge is 0.488 e. The van der Waals surface area contributed by atoms with Crippen LogP contribution in [0.25, 0.3) is 11.0 Å². The molecule has 3 aromatic carbocycles. The zero-order valence-electron chi connectivity index (χ0n) is 15.6. The molecule has 1 aromatic heterocycles. The van der Waals surface area contributed by atoms with Crippen molar-refractivity contribution in [2.45, 2.75) is 6.61 Å². The first-order valence-corrected chi connectivity index (χ1v) is 9.87. The first-order valence-electron chi connectivity index (χ1n) is 9.08. The van der Waals surface area contributed by atoms with Crippen LogP contribution < -0.4 is 10.2 Å². The third kappa shape index (κ3) is 4.58. The van der Waals surface area contributed by atoms with Gasteiger partial charge in [0.2, 0.25) is 0 Å². The number of carbonyl (C=O) groups excluding carboxylic acids is 1. The number of amides is 1. The van der Waals surface area contributed by atoms with Gasteiger partial charge in [0.15, 0.2) is 5.76 Å². The number of rotatable bonds is 6. The second-order valence-electron chi connectivity index (χ2n) is 6.42. The minimum absolute atomic E-state index is 0.117. The molecule has 0 atom stereocenters. The van der Waals surface area contributed by atoms with Gasteiger partial charge >= 0.3 is 5.91 Å². The molecule has 7 heteroatoms. The molecule has 0 radical (unpaired) electrons. The van der Waals surface area contributed by atoms with Crippen molar-refractivity contribution in [3.05, 3.63) is 100.0 Å². The summed E-state index contributed by atoms with van der Waals surface area (Å²) in [5, 5.41) is 4.82. The number of para-hydroxylation sites is 1. The number of hydrazone groups is 1. The molecule has 0 saturated heterocycles. The van der Waals surface area contributed by atoms with E-state index in [0.29, 0.717) is 21.4 Å². The van der Waals surface area contributed by atoms with Gasteiger partial charge in [-0.2, -0.15) is 5.10 Å². The van der Waals surface area contributed by atoms with Gasteiger partial charge in [-0.1, -0.05) is 36.4 Å². The Morgan fingerprint density at radius 2 is 1.90 bits per heavy atom. The zero-order valence-corrected chi connectivity index (χ0v) is 17.2. The highest BCUT2D eigenvalue weighted by Gasteiger charge is 2.11. The van der Waals surface area contributed by atoms with Crippen molar-refractivity contribution in [1.82, 2.24) is 5.43 Å². The molecule has 0 aliphatic heterocycles. The molecule has 0 saturated carbocycles. The molecule has 4 rings (SSSR count). The quantitative estimate of drug-likeness (QED) is 0.293. The fraction of sp³-hybridized carbons (Fsp3) is 0.0435. The number of hydrogen-bond acceptors (Lipinski definition) is 4. The van der Waals surface area contributed by atoms with Crippen molar-refractivity contribution < 1.29 is 18.3 Å². The Hall–Kier alpha value is -3.45. The molecule has 5 nitrogen and oxygen atoms in total. The van der Waals surface area contributed by atoms with Crippen LogP contribution >= 0.6 is 15.9 Å². The normalized spacial score (nSPS) is 11.1. The molecule has 0 aliphatic rings. The van der Waals surface area contributed by atoms with Crippen LogP contribution in [0.3, 0.4) is 0 Å². The summed E-state index contributed by atoms with van der Waals surface area (Å²) < 4.78 is 25.6. The van der Waals surface area contributed by atoms with Crippen molar-refractivity contribution in [1.29, 1.82) is 0 Å². The first kappa shape index (κ1) is 19.8. The van der Waals surface area contributed by atoms with E-state index in [9.17, 15) is 9.18 Å². The van der Waals surface area contributed by atoms with Gasteiger partial charge in [0.25, 0.3) is 0 Å². The SMILES string of the molecule is O=C(N/N=C/c1ccc(OCc2ccccc2F)c(Br)c1)c1cc2ccccc2o1. The van der Waals surface area contributed by atoms with E-state index in [0.717, 1.165) is 10.9 Å². The Labute approximate surface area is 180 Å². The first-order chi connectivity index (χ1) is 14.6. The topological polar surface area (TPSA) is 63.8 Å². The summed E-state index contributed by atoms with van der Waals surface area (Å²) in [5.74, 6) is 0.0112. The molecule has 0 unspecified atom stereocenters. The zero-order chi connectivity index (χ0) is 20.9. The lowest BCUT2D eigenvalue weighted by Crippen LogP contribution is -2.16. The Balaban J connectivity index is 1.37. The van der Waals surface area contributed by atoms with Crippen LogP contribution in [0.15, 0.2) is 86.8 Å². The summed E-state index contributed by atoms with van der Waals surface area (Å²) in [5.41, 5.74) is 4.30. The summed E-state index contributed by atoms with van der Waals surface area (Å²) in [7, 11) is 0. The minimum atomic E-state index is -0.439. The Morgan fingerprint density at radius 3 is 2.70 bits per heavy atom. The second-order valence-corrected chi connectivity index (χ2v) is 7.27. The van der Waals surface area contributed by atoms with Gasteiger partial charge in [0.05, 0.1) is 10.7 Å². The predicted octanol–water partition coefficient (Wildman–Crippen LogP) is 5.68. The van der Waals surface area contributed by atoms with Crippen molar-refractivity contribution in [2.24, 2.45) is 5.10 Å². The van der Waals surface area contributed by atoms with E-state index in [1.165, 1.54) is 12.3 Å². The molecule has 0 aliphatic carbocycles. The molecular weight excluding hydrogens is 451 g/mol. The number of nitrogens with zero attached hydrogens (tertiary/aromatic N) is 1. The number of fused-ring (bicyclic) bond motifs is 1. The van der Waals surface area contributed by atoms with Gasteiger partial charge in [-0.3, -0.25) is 4.79 Å². The maximum absolute atomic E-state index is 13.7. The van der Waals surface area contributed by atoms with Crippen LogP contribution in [0.4, 0.5) is 4.39 Å². The van der Waals surface area contributed by atoms with Gasteiger partial charge < -0.3 is 9.15 Å². The Kier molecular flexibility index (Phi) is 5.90. The van der Waals surface area contributed by atoms with E-state index in [-0.39, 0.29) is 18.2 Å². The second kappa shape index (κ2) is 8.92. The molecule has 4 aromatic rings. The van der Waals surface area contributed by atoms with Gasteiger partial charge in [0.1, 0.15) is 23.8 Å². The van der Waals surface area contributed by atoms with E-state index in [1.807, 2.05) is 18.2 Å². The molecule has 1 amide bonds. The molecule has 30 heavy (non-hydrogen) atoms. The average molecular weight is 467 g/mol. The summed E-state index contributed by atoms with van der Waals surface area (Å²) in [6.45, 7) is 0.117. The Morgan fingerprint density at radius 1 is 1.10 bits per heavy atom. The van der Waals surface area contributed by atoms with Crippen molar-refractivity contribution in [3.8, 4) is 5.75 Å². The number of furan rings is 1. The van der Waals surface area contributed by atoms with Gasteiger partial charge in [-0.15, -0.1) is 0 Å². The lowest BCUT2D eigenvalue weighted by molar-refractivity contribution is 0.0929. The predicted molar refractivity (Wildman–Crippen MR) is 116 cm³/mol. The lowest BCUT2D eigenvalue weighted by atomic mass is 10.2. The summed E-state index contributed by atoms with van der Waals surface area (Å²) >= 11 is 3.43. The van der Waals surface area contributed by atoms with Crippen molar-refractivity contribution >= 4 is 39.0 Å². The van der Waals surface area contributed by atoms with Crippen LogP contribution in [0, 0.1) is 5.82 Å². The average Bonchev–Trinajstić information content (AvgIpc) is 3.19. The van der Waals surface area contributed by atoms with Gasteiger partial charge in [0, 0.05) is 10.9 Å². The van der Waals surface area contributed by atoms with E-state index < -0.39 is 5.91 Å². The molecule has 1 heterocycles. The van der Waals surface area contributed by atoms with Crippen LogP contribution in [0.2, 0.25) is 0 Å². The van der Waals surface area contributed by atoms with E-state index in [1.54, 1.807) is 48.5 Å². The molecule has 150 valence electrons. The van der Waals surface area contributed by atoms with Crippen LogP contribution in [0.1, 0.15) is 21.7 Å². The number of nitrogens with one attached hydrogen (secondary N) is 1. The van der Waals surface area contributed by atoms with Gasteiger partial charge in [-0.25, -0.2) is 9.82 Å². The van der Waals surface area contributed by atoms with Crippen LogP contribution in [-0.2, 0) is 6.61 Å². The minimum Gasteiger partial charge on any atom is -0.488 e. The highest BCUT2D eigenvalue weighted by atomic mass is 79.9. The Bertz CT molecular complexity index is 1200. The monoisotopic (exact) mass is 466 g/mol. The third-order valence-electron chi connectivity index (χ3n) is 4.33. The summed E-state index contributed by atoms with van der Waals surface area (Å²) in [6, 6.07) is 20.8. The smallest absolute Gasteiger partial charge is 0.307 e. The maximum Gasteiger partial charge on any atom is 0.307 e. The maximum atomic E-state index is 13.7. The summed E-state index contributed by atoms with van der Waals surface area (Å²) in [6.07, 6.45) is 1.51. The lowest BCUT2D eigenvalue weighted by Gasteiger charge is -2.09. The number of hydrogen-bond donors (Lipinski definition) is 1. The molecule has 0 fully saturated rings. The molecule has 0 bridgehead atoms. The number of ether oxygens (including phenoxy) is 1. The fourth-order valence-electron chi connectivity index (χ4n) is 2.80. The molecular formula is C23H16BrFN2O3.